The minimum absolute atomic E-state index is 0.0353. The van der Waals surface area contributed by atoms with Crippen LogP contribution in [0.25, 0.3) is 0 Å². The molecule has 2 fully saturated rings. The second-order valence-electron chi connectivity index (χ2n) is 9.00. The van der Waals surface area contributed by atoms with Crippen LogP contribution in [0.15, 0.2) is 59.5 Å². The number of anilines is 1. The molecular formula is C25H33N3O5S. The van der Waals surface area contributed by atoms with Crippen LogP contribution < -0.4 is 9.62 Å². The lowest BCUT2D eigenvalue weighted by Gasteiger charge is -2.38. The van der Waals surface area contributed by atoms with Crippen LogP contribution in [0.3, 0.4) is 0 Å². The van der Waals surface area contributed by atoms with Gasteiger partial charge in [-0.1, -0.05) is 35.9 Å². The summed E-state index contributed by atoms with van der Waals surface area (Å²) < 4.78 is 34.2. The highest BCUT2D eigenvalue weighted by Gasteiger charge is 2.35. The summed E-state index contributed by atoms with van der Waals surface area (Å²) in [6.45, 7) is 4.45. The molecule has 0 aliphatic carbocycles. The quantitative estimate of drug-likeness (QED) is 0.619. The normalized spacial score (nSPS) is 23.6. The molecule has 184 valence electrons. The third-order valence-corrected chi connectivity index (χ3v) is 8.10. The molecule has 0 radical (unpaired) electrons. The van der Waals surface area contributed by atoms with Gasteiger partial charge in [0.1, 0.15) is 0 Å². The molecule has 0 spiro atoms. The number of ether oxygens (including phenoxy) is 1. The number of nitrogens with zero attached hydrogens (tertiary/aromatic N) is 2. The summed E-state index contributed by atoms with van der Waals surface area (Å²) >= 11 is 0. The van der Waals surface area contributed by atoms with Crippen molar-refractivity contribution in [3.05, 3.63) is 60.2 Å². The number of sulfonamides is 1. The summed E-state index contributed by atoms with van der Waals surface area (Å²) in [5.74, 6) is 0.0353. The number of rotatable bonds is 7. The molecule has 9 heteroatoms. The van der Waals surface area contributed by atoms with Crippen molar-refractivity contribution >= 4 is 21.6 Å². The lowest BCUT2D eigenvalue weighted by atomic mass is 9.97. The van der Waals surface area contributed by atoms with Crippen LogP contribution in [0.2, 0.25) is 0 Å². The maximum absolute atomic E-state index is 12.9. The SMILES string of the molecule is Cc1ccc(S(=O)(=O)N[C@H]2CC[C@@H](CC(=O)N3CCN(c4ccccc4)CC3)O[C@H]2CO)cc1. The Balaban J connectivity index is 1.28. The highest BCUT2D eigenvalue weighted by molar-refractivity contribution is 7.89. The fraction of sp³-hybridized carbons (Fsp3) is 0.480. The average molecular weight is 488 g/mol. The largest absolute Gasteiger partial charge is 0.394 e. The maximum Gasteiger partial charge on any atom is 0.240 e. The third-order valence-electron chi connectivity index (χ3n) is 6.59. The fourth-order valence-corrected chi connectivity index (χ4v) is 5.88. The lowest BCUT2D eigenvalue weighted by Crippen LogP contribution is -2.52. The number of benzene rings is 2. The van der Waals surface area contributed by atoms with E-state index in [1.807, 2.05) is 30.0 Å². The molecule has 2 saturated heterocycles. The Hall–Kier alpha value is -2.46. The Bertz CT molecular complexity index is 1050. The molecule has 34 heavy (non-hydrogen) atoms. The van der Waals surface area contributed by atoms with Crippen LogP contribution in [0.4, 0.5) is 5.69 Å². The van der Waals surface area contributed by atoms with Crippen molar-refractivity contribution in [1.29, 1.82) is 0 Å². The summed E-state index contributed by atoms with van der Waals surface area (Å²) in [6, 6.07) is 16.2. The van der Waals surface area contributed by atoms with E-state index in [0.717, 1.165) is 24.3 Å². The van der Waals surface area contributed by atoms with Gasteiger partial charge in [0.15, 0.2) is 0 Å². The van der Waals surface area contributed by atoms with Crippen molar-refractivity contribution in [3.63, 3.8) is 0 Å². The topological polar surface area (TPSA) is 99.2 Å². The Morgan fingerprint density at radius 3 is 2.35 bits per heavy atom. The van der Waals surface area contributed by atoms with Crippen molar-refractivity contribution in [2.45, 2.75) is 49.3 Å². The van der Waals surface area contributed by atoms with Gasteiger partial charge in [0.25, 0.3) is 0 Å². The van der Waals surface area contributed by atoms with Gasteiger partial charge in [0.2, 0.25) is 15.9 Å². The highest BCUT2D eigenvalue weighted by Crippen LogP contribution is 2.25. The standard InChI is InChI=1S/C25H33N3O5S/c1-19-7-10-22(11-8-19)34(31,32)26-23-12-9-21(33-24(23)18-29)17-25(30)28-15-13-27(14-16-28)20-5-3-2-4-6-20/h2-8,10-11,21,23-24,26,29H,9,12-18H2,1H3/t21-,23-,24-/m0/s1. The van der Waals surface area contributed by atoms with Crippen molar-refractivity contribution in [2.24, 2.45) is 0 Å². The van der Waals surface area contributed by atoms with E-state index in [1.165, 1.54) is 0 Å². The molecule has 2 aromatic rings. The number of para-hydroxylation sites is 1. The molecule has 0 aromatic heterocycles. The monoisotopic (exact) mass is 487 g/mol. The van der Waals surface area contributed by atoms with E-state index in [4.69, 9.17) is 4.74 Å². The van der Waals surface area contributed by atoms with Crippen molar-refractivity contribution in [1.82, 2.24) is 9.62 Å². The molecule has 2 aliphatic rings. The van der Waals surface area contributed by atoms with Crippen LogP contribution in [-0.4, -0.2) is 75.4 Å². The number of carbonyl (C=O) groups is 1. The number of nitrogens with one attached hydrogen (secondary N) is 1. The second kappa shape index (κ2) is 10.9. The van der Waals surface area contributed by atoms with Gasteiger partial charge in [0.05, 0.1) is 36.2 Å². The summed E-state index contributed by atoms with van der Waals surface area (Å²) in [6.07, 6.45) is 0.251. The number of hydrogen-bond acceptors (Lipinski definition) is 6. The van der Waals surface area contributed by atoms with E-state index in [0.29, 0.717) is 25.9 Å². The van der Waals surface area contributed by atoms with Gasteiger partial charge < -0.3 is 19.6 Å². The Labute approximate surface area is 201 Å². The molecule has 2 aliphatic heterocycles. The molecule has 8 nitrogen and oxygen atoms in total. The molecule has 4 rings (SSSR count). The van der Waals surface area contributed by atoms with Gasteiger partial charge >= 0.3 is 0 Å². The molecule has 0 bridgehead atoms. The molecule has 2 heterocycles. The Kier molecular flexibility index (Phi) is 7.88. The molecule has 1 amide bonds. The van der Waals surface area contributed by atoms with Gasteiger partial charge in [-0.05, 0) is 44.0 Å². The van der Waals surface area contributed by atoms with E-state index in [9.17, 15) is 18.3 Å². The Morgan fingerprint density at radius 1 is 1.03 bits per heavy atom. The smallest absolute Gasteiger partial charge is 0.240 e. The molecule has 0 unspecified atom stereocenters. The molecule has 2 N–H and O–H groups in total. The molecular weight excluding hydrogens is 454 g/mol. The summed E-state index contributed by atoms with van der Waals surface area (Å²) in [4.78, 5) is 17.2. The summed E-state index contributed by atoms with van der Waals surface area (Å²) in [7, 11) is -3.73. The minimum Gasteiger partial charge on any atom is -0.394 e. The zero-order chi connectivity index (χ0) is 24.1. The van der Waals surface area contributed by atoms with Crippen LogP contribution in [0.5, 0.6) is 0 Å². The first-order valence-electron chi connectivity index (χ1n) is 11.8. The Morgan fingerprint density at radius 2 is 1.71 bits per heavy atom. The minimum atomic E-state index is -3.73. The molecule has 3 atom stereocenters. The second-order valence-corrected chi connectivity index (χ2v) is 10.7. The zero-order valence-corrected chi connectivity index (χ0v) is 20.3. The molecule has 0 saturated carbocycles. The number of aliphatic hydroxyl groups is 1. The van der Waals surface area contributed by atoms with Gasteiger partial charge in [0, 0.05) is 31.9 Å². The number of aliphatic hydroxyl groups excluding tert-OH is 1. The number of piperazine rings is 1. The number of aryl methyl sites for hydroxylation is 1. The van der Waals surface area contributed by atoms with Crippen molar-refractivity contribution in [2.75, 3.05) is 37.7 Å². The van der Waals surface area contributed by atoms with Gasteiger partial charge in [-0.2, -0.15) is 0 Å². The first-order valence-corrected chi connectivity index (χ1v) is 13.3. The van der Waals surface area contributed by atoms with E-state index in [2.05, 4.69) is 21.8 Å². The third kappa shape index (κ3) is 5.96. The predicted octanol–water partition coefficient (Wildman–Crippen LogP) is 1.92. The van der Waals surface area contributed by atoms with Crippen LogP contribution >= 0.6 is 0 Å². The summed E-state index contributed by atoms with van der Waals surface area (Å²) in [5, 5.41) is 9.84. The van der Waals surface area contributed by atoms with Gasteiger partial charge in [-0.25, -0.2) is 13.1 Å². The number of hydrogen-bond donors (Lipinski definition) is 2. The lowest BCUT2D eigenvalue weighted by molar-refractivity contribution is -0.140. The number of amides is 1. The predicted molar refractivity (Wildman–Crippen MR) is 130 cm³/mol. The van der Waals surface area contributed by atoms with Crippen molar-refractivity contribution in [3.8, 4) is 0 Å². The highest BCUT2D eigenvalue weighted by atomic mass is 32.2. The van der Waals surface area contributed by atoms with E-state index < -0.39 is 22.2 Å². The van der Waals surface area contributed by atoms with Crippen LogP contribution in [-0.2, 0) is 19.6 Å². The van der Waals surface area contributed by atoms with Crippen LogP contribution in [0.1, 0.15) is 24.8 Å². The number of carbonyl (C=O) groups excluding carboxylic acids is 1. The van der Waals surface area contributed by atoms with E-state index in [1.54, 1.807) is 24.3 Å². The molecule has 2 aromatic carbocycles. The maximum atomic E-state index is 12.9. The first-order chi connectivity index (χ1) is 16.4. The van der Waals surface area contributed by atoms with Gasteiger partial charge in [-0.3, -0.25) is 4.79 Å². The fourth-order valence-electron chi connectivity index (χ4n) is 4.58. The summed E-state index contributed by atoms with van der Waals surface area (Å²) in [5.41, 5.74) is 2.14. The van der Waals surface area contributed by atoms with Crippen LogP contribution in [0, 0.1) is 6.92 Å². The van der Waals surface area contributed by atoms with Crippen molar-refractivity contribution < 1.29 is 23.1 Å². The zero-order valence-electron chi connectivity index (χ0n) is 19.5. The van der Waals surface area contributed by atoms with E-state index in [-0.39, 0.29) is 29.9 Å². The average Bonchev–Trinajstić information content (AvgIpc) is 2.85. The van der Waals surface area contributed by atoms with E-state index >= 15 is 0 Å². The van der Waals surface area contributed by atoms with Gasteiger partial charge in [-0.15, -0.1) is 0 Å². The first kappa shape index (κ1) is 24.7.